The maximum atomic E-state index is 13.7. The first-order chi connectivity index (χ1) is 17.4. The molecule has 186 valence electrons. The molecule has 2 fully saturated rings. The lowest BCUT2D eigenvalue weighted by atomic mass is 10.0. The molecule has 2 aliphatic carbocycles. The van der Waals surface area contributed by atoms with E-state index in [1.165, 1.54) is 12.1 Å². The van der Waals surface area contributed by atoms with Crippen molar-refractivity contribution < 1.29 is 36.5 Å². The van der Waals surface area contributed by atoms with Gasteiger partial charge in [0.25, 0.3) is 0 Å². The number of hydrogen-bond donors (Lipinski definition) is 1. The van der Waals surface area contributed by atoms with Crippen LogP contribution in [0.5, 0.6) is 0 Å². The van der Waals surface area contributed by atoms with Crippen molar-refractivity contribution in [1.82, 2.24) is 10.3 Å². The third kappa shape index (κ3) is 4.44. The van der Waals surface area contributed by atoms with Crippen LogP contribution in [0.4, 0.5) is 17.6 Å². The molecule has 4 aromatic rings. The molecule has 10 heteroatoms. The van der Waals surface area contributed by atoms with Gasteiger partial charge in [0.2, 0.25) is 0 Å². The van der Waals surface area contributed by atoms with Gasteiger partial charge in [0.15, 0.2) is 12.0 Å². The lowest BCUT2D eigenvalue weighted by molar-refractivity contribution is 0.112. The van der Waals surface area contributed by atoms with E-state index in [-0.39, 0.29) is 46.5 Å². The summed E-state index contributed by atoms with van der Waals surface area (Å²) in [6, 6.07) is 7.11. The van der Waals surface area contributed by atoms with Crippen molar-refractivity contribution in [3.8, 4) is 22.5 Å². The van der Waals surface area contributed by atoms with Crippen molar-refractivity contribution in [2.24, 2.45) is 0 Å². The summed E-state index contributed by atoms with van der Waals surface area (Å²) < 4.78 is 64.8. The van der Waals surface area contributed by atoms with Crippen molar-refractivity contribution >= 4 is 6.29 Å². The summed E-state index contributed by atoms with van der Waals surface area (Å²) in [7, 11) is 0. The van der Waals surface area contributed by atoms with Crippen LogP contribution in [0.3, 0.4) is 0 Å². The van der Waals surface area contributed by atoms with Crippen molar-refractivity contribution in [1.29, 1.82) is 0 Å². The smallest absolute Gasteiger partial charge is 0.155 e. The minimum absolute atomic E-state index is 0.0532. The summed E-state index contributed by atoms with van der Waals surface area (Å²) in [5, 5.41) is 16.7. The number of aliphatic hydroxyl groups excluding tert-OH is 1. The van der Waals surface area contributed by atoms with Gasteiger partial charge < -0.3 is 14.2 Å². The highest BCUT2D eigenvalue weighted by molar-refractivity contribution is 5.87. The number of carbonyl (C=O) groups excluding carboxylic acids is 1. The SMILES string of the molecule is O=Cc1c(-c2c(F)cccc2F)noc1C1CC1.OCc1c(-c2c(F)cccc2F)noc1C1CC1. The topological polar surface area (TPSA) is 89.4 Å². The van der Waals surface area contributed by atoms with E-state index in [4.69, 9.17) is 9.05 Å². The molecule has 2 saturated carbocycles. The fourth-order valence-electron chi connectivity index (χ4n) is 4.03. The summed E-state index contributed by atoms with van der Waals surface area (Å²) in [6.07, 6.45) is 4.29. The molecule has 0 aliphatic heterocycles. The zero-order chi connectivity index (χ0) is 25.4. The average molecular weight is 500 g/mol. The van der Waals surface area contributed by atoms with Crippen LogP contribution in [0.1, 0.15) is 65.0 Å². The zero-order valence-electron chi connectivity index (χ0n) is 18.8. The number of aliphatic hydroxyl groups is 1. The fourth-order valence-corrected chi connectivity index (χ4v) is 4.03. The Labute approximate surface area is 202 Å². The number of halogens is 4. The fraction of sp³-hybridized carbons (Fsp3) is 0.269. The molecule has 6 rings (SSSR count). The van der Waals surface area contributed by atoms with E-state index in [0.717, 1.165) is 49.9 Å². The summed E-state index contributed by atoms with van der Waals surface area (Å²) >= 11 is 0. The molecule has 0 amide bonds. The molecule has 0 saturated heterocycles. The van der Waals surface area contributed by atoms with Crippen LogP contribution in [0.25, 0.3) is 22.5 Å². The second-order valence-electron chi connectivity index (χ2n) is 8.70. The minimum Gasteiger partial charge on any atom is -0.391 e. The second-order valence-corrected chi connectivity index (χ2v) is 8.70. The van der Waals surface area contributed by atoms with E-state index < -0.39 is 23.3 Å². The molecule has 2 heterocycles. The molecular weight excluding hydrogens is 480 g/mol. The van der Waals surface area contributed by atoms with Gasteiger partial charge in [-0.2, -0.15) is 0 Å². The maximum Gasteiger partial charge on any atom is 0.155 e. The number of rotatable bonds is 6. The molecule has 0 spiro atoms. The molecule has 0 bridgehead atoms. The molecule has 36 heavy (non-hydrogen) atoms. The van der Waals surface area contributed by atoms with E-state index in [2.05, 4.69) is 10.3 Å². The Morgan fingerprint density at radius 1 is 0.778 bits per heavy atom. The first-order valence-corrected chi connectivity index (χ1v) is 11.4. The Hall–Kier alpha value is -3.79. The molecular formula is C26H20F4N2O4. The lowest BCUT2D eigenvalue weighted by Crippen LogP contribution is -1.95. The van der Waals surface area contributed by atoms with Gasteiger partial charge >= 0.3 is 0 Å². The Balaban J connectivity index is 0.000000148. The van der Waals surface area contributed by atoms with Crippen molar-refractivity contribution in [2.45, 2.75) is 44.1 Å². The van der Waals surface area contributed by atoms with E-state index in [0.29, 0.717) is 23.4 Å². The number of benzene rings is 2. The van der Waals surface area contributed by atoms with Gasteiger partial charge in [-0.3, -0.25) is 4.79 Å². The van der Waals surface area contributed by atoms with Gasteiger partial charge in [-0.25, -0.2) is 17.6 Å². The van der Waals surface area contributed by atoms with Crippen LogP contribution < -0.4 is 0 Å². The van der Waals surface area contributed by atoms with Gasteiger partial charge in [-0.1, -0.05) is 22.4 Å². The van der Waals surface area contributed by atoms with Crippen molar-refractivity contribution in [2.75, 3.05) is 0 Å². The number of aldehydes is 1. The van der Waals surface area contributed by atoms with Crippen molar-refractivity contribution in [3.05, 3.63) is 82.3 Å². The van der Waals surface area contributed by atoms with E-state index in [1.807, 2.05) is 0 Å². The van der Waals surface area contributed by atoms with E-state index in [1.54, 1.807) is 0 Å². The second kappa shape index (κ2) is 9.69. The highest BCUT2D eigenvalue weighted by Gasteiger charge is 2.34. The first kappa shape index (κ1) is 23.9. The van der Waals surface area contributed by atoms with Gasteiger partial charge in [0, 0.05) is 17.4 Å². The largest absolute Gasteiger partial charge is 0.391 e. The molecule has 0 atom stereocenters. The molecule has 0 unspecified atom stereocenters. The summed E-state index contributed by atoms with van der Waals surface area (Å²) in [6.45, 7) is -0.335. The normalized spacial score (nSPS) is 14.9. The average Bonchev–Trinajstić information content (AvgIpc) is 3.80. The van der Waals surface area contributed by atoms with Crippen LogP contribution in [-0.4, -0.2) is 21.7 Å². The highest BCUT2D eigenvalue weighted by atomic mass is 19.1. The standard InChI is InChI=1S/C13H11F2NO2.C13H9F2NO2/c2*14-9-2-1-3-10(15)11(9)12-8(6-17)13(18-16-12)7-4-5-7/h1-3,7,17H,4-6H2;1-3,6-7H,4-5H2. The van der Waals surface area contributed by atoms with Gasteiger partial charge in [-0.05, 0) is 49.9 Å². The third-order valence-electron chi connectivity index (χ3n) is 6.15. The number of aromatic nitrogens is 2. The van der Waals surface area contributed by atoms with Crippen LogP contribution in [0, 0.1) is 23.3 Å². The maximum absolute atomic E-state index is 13.7. The number of hydrogen-bond acceptors (Lipinski definition) is 6. The predicted octanol–water partition coefficient (Wildman–Crippen LogP) is 6.30. The van der Waals surface area contributed by atoms with Gasteiger partial charge in [0.05, 0.1) is 23.3 Å². The van der Waals surface area contributed by atoms with Crippen LogP contribution in [0.2, 0.25) is 0 Å². The monoisotopic (exact) mass is 500 g/mol. The zero-order valence-corrected chi connectivity index (χ0v) is 18.8. The Bertz CT molecular complexity index is 1380. The molecule has 1 N–H and O–H groups in total. The molecule has 6 nitrogen and oxygen atoms in total. The molecule has 2 aliphatic rings. The number of carbonyl (C=O) groups is 1. The van der Waals surface area contributed by atoms with Gasteiger partial charge in [0.1, 0.15) is 40.4 Å². The Kier molecular flexibility index (Phi) is 6.44. The van der Waals surface area contributed by atoms with E-state index >= 15 is 0 Å². The van der Waals surface area contributed by atoms with Crippen LogP contribution >= 0.6 is 0 Å². The van der Waals surface area contributed by atoms with Crippen LogP contribution in [0.15, 0.2) is 45.4 Å². The molecule has 2 aromatic carbocycles. The molecule has 0 radical (unpaired) electrons. The Morgan fingerprint density at radius 3 is 1.69 bits per heavy atom. The summed E-state index contributed by atoms with van der Waals surface area (Å²) in [5.74, 6) is -1.56. The summed E-state index contributed by atoms with van der Waals surface area (Å²) in [5.41, 5.74) is 0.00736. The first-order valence-electron chi connectivity index (χ1n) is 11.4. The number of nitrogens with zero attached hydrogens (tertiary/aromatic N) is 2. The highest BCUT2D eigenvalue weighted by Crippen LogP contribution is 2.45. The third-order valence-corrected chi connectivity index (χ3v) is 6.15. The molecule has 2 aromatic heterocycles. The predicted molar refractivity (Wildman–Crippen MR) is 119 cm³/mol. The van der Waals surface area contributed by atoms with Crippen molar-refractivity contribution in [3.63, 3.8) is 0 Å². The lowest BCUT2D eigenvalue weighted by Gasteiger charge is -2.03. The quantitative estimate of drug-likeness (QED) is 0.247. The summed E-state index contributed by atoms with van der Waals surface area (Å²) in [4.78, 5) is 11.1. The van der Waals surface area contributed by atoms with E-state index in [9.17, 15) is 27.5 Å². The van der Waals surface area contributed by atoms with Crippen LogP contribution in [-0.2, 0) is 6.61 Å². The Morgan fingerprint density at radius 2 is 1.22 bits per heavy atom. The van der Waals surface area contributed by atoms with Gasteiger partial charge in [-0.15, -0.1) is 0 Å². The minimum atomic E-state index is -0.756.